The van der Waals surface area contributed by atoms with E-state index in [-0.39, 0.29) is 17.0 Å². The van der Waals surface area contributed by atoms with Crippen LogP contribution in [0, 0.1) is 5.92 Å². The zero-order valence-corrected chi connectivity index (χ0v) is 11.3. The van der Waals surface area contributed by atoms with E-state index in [4.69, 9.17) is 11.5 Å². The molecule has 1 fully saturated rings. The van der Waals surface area contributed by atoms with Crippen LogP contribution in [0.2, 0.25) is 0 Å². The van der Waals surface area contributed by atoms with E-state index < -0.39 is 5.91 Å². The van der Waals surface area contributed by atoms with Crippen LogP contribution < -0.4 is 16.8 Å². The number of nitrogen functional groups attached to an aromatic ring is 1. The first-order valence-corrected chi connectivity index (χ1v) is 6.76. The fourth-order valence-corrected chi connectivity index (χ4v) is 3.18. The Morgan fingerprint density at radius 3 is 2.61 bits per heavy atom. The number of hydrogen-bond acceptors (Lipinski definition) is 5. The monoisotopic (exact) mass is 267 g/mol. The van der Waals surface area contributed by atoms with Gasteiger partial charge < -0.3 is 16.8 Å². The Kier molecular flexibility index (Phi) is 3.30. The minimum Gasteiger partial charge on any atom is -0.397 e. The minimum atomic E-state index is -0.590. The summed E-state index contributed by atoms with van der Waals surface area (Å²) in [6.07, 6.45) is 2.19. The highest BCUT2D eigenvalue weighted by atomic mass is 32.1. The number of nitrogens with one attached hydrogen (secondary N) is 1. The summed E-state index contributed by atoms with van der Waals surface area (Å²) in [5.74, 6) is -0.0989. The highest BCUT2D eigenvalue weighted by molar-refractivity contribution is 7.19. The summed E-state index contributed by atoms with van der Waals surface area (Å²) < 4.78 is 0. The van der Waals surface area contributed by atoms with E-state index in [0.29, 0.717) is 21.8 Å². The molecule has 0 spiro atoms. The first-order valence-electron chi connectivity index (χ1n) is 5.95. The Morgan fingerprint density at radius 2 is 2.17 bits per heavy atom. The summed E-state index contributed by atoms with van der Waals surface area (Å²) in [7, 11) is 0. The van der Waals surface area contributed by atoms with Gasteiger partial charge in [0.15, 0.2) is 5.78 Å². The van der Waals surface area contributed by atoms with Crippen LogP contribution in [-0.2, 0) is 0 Å². The number of thiophene rings is 1. The molecule has 1 aliphatic carbocycles. The first kappa shape index (κ1) is 12.9. The molecular formula is C12H17N3O2S. The second-order valence-corrected chi connectivity index (χ2v) is 5.64. The predicted molar refractivity (Wildman–Crippen MR) is 73.1 cm³/mol. The summed E-state index contributed by atoms with van der Waals surface area (Å²) in [4.78, 5) is 23.3. The van der Waals surface area contributed by atoms with E-state index in [9.17, 15) is 9.59 Å². The third kappa shape index (κ3) is 2.20. The van der Waals surface area contributed by atoms with Gasteiger partial charge in [-0.3, -0.25) is 9.59 Å². The molecule has 1 aromatic heterocycles. The van der Waals surface area contributed by atoms with Crippen LogP contribution >= 0.6 is 11.3 Å². The molecule has 1 aromatic rings. The zero-order valence-electron chi connectivity index (χ0n) is 10.4. The van der Waals surface area contributed by atoms with Gasteiger partial charge in [0.2, 0.25) is 0 Å². The number of ketones is 1. The quantitative estimate of drug-likeness (QED) is 0.709. The third-order valence-corrected chi connectivity index (χ3v) is 4.51. The molecule has 2 atom stereocenters. The van der Waals surface area contributed by atoms with Gasteiger partial charge in [0.05, 0.1) is 16.1 Å². The van der Waals surface area contributed by atoms with Gasteiger partial charge in [-0.15, -0.1) is 11.3 Å². The summed E-state index contributed by atoms with van der Waals surface area (Å²) in [5.41, 5.74) is 11.6. The van der Waals surface area contributed by atoms with Crippen LogP contribution in [0.5, 0.6) is 0 Å². The number of Topliss-reactive ketones (excluding diaryl/α,β-unsaturated/α-hetero) is 1. The molecular weight excluding hydrogens is 250 g/mol. The molecule has 0 aromatic carbocycles. The topological polar surface area (TPSA) is 98.2 Å². The first-order chi connectivity index (χ1) is 8.45. The smallest absolute Gasteiger partial charge is 0.253 e. The second kappa shape index (κ2) is 4.61. The Hall–Kier alpha value is -1.56. The van der Waals surface area contributed by atoms with E-state index in [2.05, 4.69) is 12.2 Å². The van der Waals surface area contributed by atoms with Crippen molar-refractivity contribution in [1.29, 1.82) is 0 Å². The normalized spacial score (nSPS) is 21.7. The maximum absolute atomic E-state index is 11.4. The van der Waals surface area contributed by atoms with Gasteiger partial charge in [0, 0.05) is 13.0 Å². The van der Waals surface area contributed by atoms with Crippen LogP contribution in [0.25, 0.3) is 0 Å². The molecule has 1 saturated carbocycles. The molecule has 98 valence electrons. The highest BCUT2D eigenvalue weighted by Gasteiger charge is 2.37. The number of rotatable bonds is 5. The molecule has 0 saturated heterocycles. The summed E-state index contributed by atoms with van der Waals surface area (Å²) in [6.45, 7) is 3.56. The number of carbonyl (C=O) groups excluding carboxylic acids is 2. The molecule has 1 amide bonds. The number of hydrogen-bond donors (Lipinski definition) is 3. The molecule has 1 heterocycles. The molecule has 0 aliphatic heterocycles. The van der Waals surface area contributed by atoms with Gasteiger partial charge >= 0.3 is 0 Å². The van der Waals surface area contributed by atoms with Crippen LogP contribution in [0.15, 0.2) is 0 Å². The van der Waals surface area contributed by atoms with Gasteiger partial charge in [-0.25, -0.2) is 0 Å². The molecule has 18 heavy (non-hydrogen) atoms. The van der Waals surface area contributed by atoms with Crippen LogP contribution in [0.3, 0.4) is 0 Å². The largest absolute Gasteiger partial charge is 0.397 e. The van der Waals surface area contributed by atoms with Gasteiger partial charge in [0.1, 0.15) is 5.00 Å². The maximum atomic E-state index is 11.4. The van der Waals surface area contributed by atoms with Crippen LogP contribution in [0.4, 0.5) is 10.7 Å². The second-order valence-electron chi connectivity index (χ2n) is 4.62. The van der Waals surface area contributed by atoms with Crippen molar-refractivity contribution < 1.29 is 9.59 Å². The number of nitrogens with two attached hydrogens (primary N) is 2. The van der Waals surface area contributed by atoms with E-state index in [1.807, 2.05) is 0 Å². The molecule has 2 unspecified atom stereocenters. The van der Waals surface area contributed by atoms with Gasteiger partial charge in [0.25, 0.3) is 5.91 Å². The fraction of sp³-hybridized carbons (Fsp3) is 0.500. The SMILES string of the molecule is CCC1CC1Nc1sc(C(C)=O)c(N)c1C(N)=O. The van der Waals surface area contributed by atoms with Gasteiger partial charge in [-0.05, 0) is 12.3 Å². The van der Waals surface area contributed by atoms with Crippen molar-refractivity contribution in [2.45, 2.75) is 32.7 Å². The van der Waals surface area contributed by atoms with Crippen molar-refractivity contribution in [3.05, 3.63) is 10.4 Å². The lowest BCUT2D eigenvalue weighted by atomic mass is 10.2. The molecule has 5 nitrogen and oxygen atoms in total. The summed E-state index contributed by atoms with van der Waals surface area (Å²) in [5, 5.41) is 3.90. The molecule has 1 aliphatic rings. The lowest BCUT2D eigenvalue weighted by Crippen LogP contribution is -2.16. The molecule has 2 rings (SSSR count). The molecule has 0 bridgehead atoms. The van der Waals surface area contributed by atoms with Crippen molar-refractivity contribution in [2.24, 2.45) is 11.7 Å². The van der Waals surface area contributed by atoms with E-state index in [1.54, 1.807) is 0 Å². The van der Waals surface area contributed by atoms with E-state index in [1.165, 1.54) is 18.3 Å². The number of anilines is 2. The Morgan fingerprint density at radius 1 is 1.50 bits per heavy atom. The van der Waals surface area contributed by atoms with Crippen molar-refractivity contribution in [3.8, 4) is 0 Å². The van der Waals surface area contributed by atoms with E-state index in [0.717, 1.165) is 12.8 Å². The number of amides is 1. The Labute approximate surface area is 110 Å². The van der Waals surface area contributed by atoms with Crippen LogP contribution in [-0.4, -0.2) is 17.7 Å². The number of carbonyl (C=O) groups is 2. The molecule has 6 heteroatoms. The molecule has 0 radical (unpaired) electrons. The van der Waals surface area contributed by atoms with Gasteiger partial charge in [-0.2, -0.15) is 0 Å². The lowest BCUT2D eigenvalue weighted by Gasteiger charge is -2.04. The Balaban J connectivity index is 2.31. The molecule has 5 N–H and O–H groups in total. The van der Waals surface area contributed by atoms with Crippen molar-refractivity contribution in [1.82, 2.24) is 0 Å². The summed E-state index contributed by atoms with van der Waals surface area (Å²) in [6, 6.07) is 0.367. The average Bonchev–Trinajstić information content (AvgIpc) is 2.94. The minimum absolute atomic E-state index is 0.143. The standard InChI is InChI=1S/C12H17N3O2S/c1-3-6-4-7(6)15-12-8(11(14)17)9(13)10(18-12)5(2)16/h6-7,15H,3-4,13H2,1-2H3,(H2,14,17). The van der Waals surface area contributed by atoms with Crippen molar-refractivity contribution >= 4 is 33.7 Å². The fourth-order valence-electron chi connectivity index (χ4n) is 2.10. The summed E-state index contributed by atoms with van der Waals surface area (Å²) >= 11 is 1.22. The maximum Gasteiger partial charge on any atom is 0.253 e. The lowest BCUT2D eigenvalue weighted by molar-refractivity contribution is 0.100. The highest BCUT2D eigenvalue weighted by Crippen LogP contribution is 2.41. The van der Waals surface area contributed by atoms with E-state index >= 15 is 0 Å². The third-order valence-electron chi connectivity index (χ3n) is 3.27. The van der Waals surface area contributed by atoms with Crippen LogP contribution in [0.1, 0.15) is 46.7 Å². The van der Waals surface area contributed by atoms with Crippen molar-refractivity contribution in [3.63, 3.8) is 0 Å². The average molecular weight is 267 g/mol. The zero-order chi connectivity index (χ0) is 13.4. The Bertz CT molecular complexity index is 510. The van der Waals surface area contributed by atoms with Crippen molar-refractivity contribution in [2.75, 3.05) is 11.1 Å². The number of primary amides is 1. The van der Waals surface area contributed by atoms with Gasteiger partial charge in [-0.1, -0.05) is 13.3 Å². The predicted octanol–water partition coefficient (Wildman–Crippen LogP) is 1.84.